The number of carboxylic acid groups (broad SMARTS) is 1. The van der Waals surface area contributed by atoms with E-state index in [0.717, 1.165) is 18.8 Å². The van der Waals surface area contributed by atoms with Crippen LogP contribution in [-0.2, 0) is 24.0 Å². The molecular formula is C15H26O7. The van der Waals surface area contributed by atoms with E-state index < -0.39 is 23.5 Å². The van der Waals surface area contributed by atoms with Gasteiger partial charge in [-0.3, -0.25) is 0 Å². The summed E-state index contributed by atoms with van der Waals surface area (Å²) >= 11 is 0. The van der Waals surface area contributed by atoms with Crippen LogP contribution in [0.4, 0.5) is 4.79 Å². The van der Waals surface area contributed by atoms with E-state index in [9.17, 15) is 9.59 Å². The average Bonchev–Trinajstić information content (AvgIpc) is 2.32. The molecule has 0 fully saturated rings. The second-order valence-corrected chi connectivity index (χ2v) is 6.42. The van der Waals surface area contributed by atoms with Crippen LogP contribution in [0.2, 0.25) is 0 Å². The van der Waals surface area contributed by atoms with Gasteiger partial charge in [0.25, 0.3) is 5.79 Å². The molecule has 0 aromatic rings. The van der Waals surface area contributed by atoms with Gasteiger partial charge in [-0.05, 0) is 25.7 Å². The molecule has 0 bridgehead atoms. The quantitative estimate of drug-likeness (QED) is 0.182. The fraction of sp³-hybridized carbons (Fsp3) is 0.733. The molecule has 0 saturated carbocycles. The van der Waals surface area contributed by atoms with E-state index in [4.69, 9.17) is 19.6 Å². The van der Waals surface area contributed by atoms with Crippen molar-refractivity contribution in [1.29, 1.82) is 0 Å². The van der Waals surface area contributed by atoms with Crippen LogP contribution >= 0.6 is 0 Å². The third-order valence-electron chi connectivity index (χ3n) is 3.71. The van der Waals surface area contributed by atoms with Crippen LogP contribution in [0.15, 0.2) is 12.3 Å². The Morgan fingerprint density at radius 2 is 1.59 bits per heavy atom. The summed E-state index contributed by atoms with van der Waals surface area (Å²) < 4.78 is 9.20. The third kappa shape index (κ3) is 6.80. The fourth-order valence-electron chi connectivity index (χ4n) is 1.28. The minimum absolute atomic E-state index is 0.126. The lowest BCUT2D eigenvalue weighted by Crippen LogP contribution is -2.40. The lowest BCUT2D eigenvalue weighted by molar-refractivity contribution is -0.342. The first kappa shape index (κ1) is 20.2. The van der Waals surface area contributed by atoms with Gasteiger partial charge in [0.2, 0.25) is 0 Å². The molecule has 0 spiro atoms. The molecule has 0 aliphatic heterocycles. The summed E-state index contributed by atoms with van der Waals surface area (Å²) in [5, 5.41) is 8.49. The van der Waals surface area contributed by atoms with Crippen molar-refractivity contribution in [3.05, 3.63) is 12.3 Å². The summed E-state index contributed by atoms with van der Waals surface area (Å²) in [4.78, 5) is 32.1. The topological polar surface area (TPSA) is 91.3 Å². The molecule has 0 aliphatic carbocycles. The zero-order chi connectivity index (χ0) is 17.6. The highest BCUT2D eigenvalue weighted by Gasteiger charge is 2.38. The van der Waals surface area contributed by atoms with Gasteiger partial charge < -0.3 is 19.5 Å². The molecule has 0 aliphatic rings. The molecule has 128 valence electrons. The third-order valence-corrected chi connectivity index (χ3v) is 3.71. The lowest BCUT2D eigenvalue weighted by atomic mass is 9.75. The maximum absolute atomic E-state index is 11.5. The number of carbonyl (C=O) groups is 2. The molecule has 0 radical (unpaired) electrons. The van der Waals surface area contributed by atoms with Gasteiger partial charge in [0.15, 0.2) is 0 Å². The zero-order valence-corrected chi connectivity index (χ0v) is 14.3. The van der Waals surface area contributed by atoms with Crippen LogP contribution in [0.1, 0.15) is 54.9 Å². The van der Waals surface area contributed by atoms with E-state index >= 15 is 0 Å². The first-order valence-electron chi connectivity index (χ1n) is 6.99. The minimum Gasteiger partial charge on any atom is -0.450 e. The molecule has 0 aromatic carbocycles. The molecule has 0 aromatic heterocycles. The molecule has 1 N–H and O–H groups in total. The summed E-state index contributed by atoms with van der Waals surface area (Å²) in [7, 11) is 0. The molecule has 0 heterocycles. The van der Waals surface area contributed by atoms with Crippen LogP contribution in [0.5, 0.6) is 0 Å². The Kier molecular flexibility index (Phi) is 6.89. The standard InChI is InChI=1S/C15H26O7/c1-8-13(2,3)14(4,5)22-19-10-9-11(16)20-15(6,7)21-12(17)18/h9-10H,8H2,1-7H3,(H,17,18). The summed E-state index contributed by atoms with van der Waals surface area (Å²) in [5.74, 6) is -2.40. The molecule has 0 saturated heterocycles. The highest BCUT2D eigenvalue weighted by Crippen LogP contribution is 2.36. The van der Waals surface area contributed by atoms with Crippen LogP contribution in [-0.4, -0.2) is 28.6 Å². The molecule has 0 atom stereocenters. The first-order valence-corrected chi connectivity index (χ1v) is 6.99. The van der Waals surface area contributed by atoms with Crippen molar-refractivity contribution in [2.75, 3.05) is 0 Å². The Morgan fingerprint density at radius 3 is 2.05 bits per heavy atom. The van der Waals surface area contributed by atoms with Gasteiger partial charge in [0, 0.05) is 13.8 Å². The summed E-state index contributed by atoms with van der Waals surface area (Å²) in [5.41, 5.74) is -0.694. The number of hydrogen-bond donors (Lipinski definition) is 1. The maximum atomic E-state index is 11.5. The maximum Gasteiger partial charge on any atom is 0.509 e. The van der Waals surface area contributed by atoms with E-state index in [1.54, 1.807) is 0 Å². The monoisotopic (exact) mass is 318 g/mol. The van der Waals surface area contributed by atoms with Crippen LogP contribution < -0.4 is 0 Å². The number of hydrogen-bond acceptors (Lipinski definition) is 6. The SMILES string of the molecule is CCC(C)(C)C(C)(C)OOC=CC(=O)OC(C)(C)OC(=O)O. The van der Waals surface area contributed by atoms with E-state index in [0.29, 0.717) is 0 Å². The zero-order valence-electron chi connectivity index (χ0n) is 14.3. The second kappa shape index (κ2) is 7.49. The van der Waals surface area contributed by atoms with Crippen molar-refractivity contribution in [3.63, 3.8) is 0 Å². The Hall–Kier alpha value is -1.76. The Morgan fingerprint density at radius 1 is 1.05 bits per heavy atom. The van der Waals surface area contributed by atoms with E-state index in [-0.39, 0.29) is 5.41 Å². The number of ether oxygens (including phenoxy) is 2. The Labute approximate surface area is 131 Å². The van der Waals surface area contributed by atoms with Crippen LogP contribution in [0, 0.1) is 5.41 Å². The van der Waals surface area contributed by atoms with Gasteiger partial charge in [-0.1, -0.05) is 20.8 Å². The molecule has 7 heteroatoms. The minimum atomic E-state index is -1.59. The number of rotatable bonds is 8. The van der Waals surface area contributed by atoms with Gasteiger partial charge in [-0.2, -0.15) is 4.89 Å². The van der Waals surface area contributed by atoms with E-state index in [1.807, 2.05) is 34.6 Å². The first-order chi connectivity index (χ1) is 9.83. The van der Waals surface area contributed by atoms with Gasteiger partial charge >= 0.3 is 12.1 Å². The molecule has 0 unspecified atom stereocenters. The van der Waals surface area contributed by atoms with Gasteiger partial charge in [-0.25, -0.2) is 9.59 Å². The summed E-state index contributed by atoms with van der Waals surface area (Å²) in [6.45, 7) is 12.5. The summed E-state index contributed by atoms with van der Waals surface area (Å²) in [6.07, 6.45) is 1.36. The highest BCUT2D eigenvalue weighted by atomic mass is 17.2. The van der Waals surface area contributed by atoms with E-state index in [2.05, 4.69) is 4.74 Å². The molecular weight excluding hydrogens is 292 g/mol. The fourth-order valence-corrected chi connectivity index (χ4v) is 1.28. The second-order valence-electron chi connectivity index (χ2n) is 6.42. The lowest BCUT2D eigenvalue weighted by Gasteiger charge is -2.38. The smallest absolute Gasteiger partial charge is 0.450 e. The van der Waals surface area contributed by atoms with Crippen molar-refractivity contribution in [2.45, 2.75) is 66.3 Å². The van der Waals surface area contributed by atoms with Crippen molar-refractivity contribution in [3.8, 4) is 0 Å². The van der Waals surface area contributed by atoms with Crippen molar-refractivity contribution < 1.29 is 33.9 Å². The molecule has 7 nitrogen and oxygen atoms in total. The van der Waals surface area contributed by atoms with Gasteiger partial charge in [0.1, 0.15) is 11.9 Å². The van der Waals surface area contributed by atoms with Crippen molar-refractivity contribution in [2.24, 2.45) is 5.41 Å². The van der Waals surface area contributed by atoms with E-state index in [1.165, 1.54) is 13.8 Å². The average molecular weight is 318 g/mol. The Bertz CT molecular complexity index is 422. The predicted octanol–water partition coefficient (Wildman–Crippen LogP) is 3.64. The molecule has 0 rings (SSSR count). The van der Waals surface area contributed by atoms with Crippen molar-refractivity contribution >= 4 is 12.1 Å². The molecule has 0 amide bonds. The van der Waals surface area contributed by atoms with Gasteiger partial charge in [0.05, 0.1) is 6.08 Å². The van der Waals surface area contributed by atoms with Gasteiger partial charge in [-0.15, -0.1) is 0 Å². The summed E-state index contributed by atoms with van der Waals surface area (Å²) in [6, 6.07) is 0. The normalized spacial score (nSPS) is 13.0. The number of carbonyl (C=O) groups excluding carboxylic acids is 1. The highest BCUT2D eigenvalue weighted by molar-refractivity contribution is 5.82. The molecule has 22 heavy (non-hydrogen) atoms. The Balaban J connectivity index is 4.40. The largest absolute Gasteiger partial charge is 0.509 e. The predicted molar refractivity (Wildman–Crippen MR) is 78.7 cm³/mol. The number of esters is 1. The van der Waals surface area contributed by atoms with Crippen LogP contribution in [0.25, 0.3) is 0 Å². The van der Waals surface area contributed by atoms with Crippen LogP contribution in [0.3, 0.4) is 0 Å². The van der Waals surface area contributed by atoms with Crippen molar-refractivity contribution in [1.82, 2.24) is 0 Å².